The van der Waals surface area contributed by atoms with Crippen molar-refractivity contribution < 1.29 is 9.53 Å². The fourth-order valence-electron chi connectivity index (χ4n) is 4.27. The molecule has 0 atom stereocenters. The number of nitrogens with zero attached hydrogens (tertiary/aromatic N) is 2. The number of benzene rings is 3. The number of hydrogen-bond acceptors (Lipinski definition) is 4. The number of nitrogens with one attached hydrogen (secondary N) is 1. The fraction of sp³-hybridized carbons (Fsp3) is 0.222. The minimum absolute atomic E-state index is 0.215. The van der Waals surface area contributed by atoms with Crippen LogP contribution in [-0.4, -0.2) is 21.8 Å². The van der Waals surface area contributed by atoms with Gasteiger partial charge in [-0.1, -0.05) is 48.5 Å². The highest BCUT2D eigenvalue weighted by Gasteiger charge is 2.18. The van der Waals surface area contributed by atoms with Crippen molar-refractivity contribution in [3.8, 4) is 5.75 Å². The molecule has 1 N–H and O–H groups in total. The van der Waals surface area contributed by atoms with Gasteiger partial charge in [-0.2, -0.15) is 5.10 Å². The van der Waals surface area contributed by atoms with Crippen LogP contribution in [0.4, 0.5) is 5.69 Å². The van der Waals surface area contributed by atoms with Crippen LogP contribution >= 0.6 is 0 Å². The molecule has 1 aliphatic rings. The van der Waals surface area contributed by atoms with Gasteiger partial charge in [-0.05, 0) is 61.6 Å². The van der Waals surface area contributed by atoms with Crippen LogP contribution in [0.3, 0.4) is 0 Å². The Balaban J connectivity index is 1.41. The van der Waals surface area contributed by atoms with E-state index in [1.54, 1.807) is 24.3 Å². The second-order valence-corrected chi connectivity index (χ2v) is 8.35. The fourth-order valence-corrected chi connectivity index (χ4v) is 4.27. The molecule has 6 nitrogen and oxygen atoms in total. The third kappa shape index (κ3) is 4.65. The molecule has 1 heterocycles. The van der Waals surface area contributed by atoms with Crippen molar-refractivity contribution in [2.45, 2.75) is 38.3 Å². The lowest BCUT2D eigenvalue weighted by Crippen LogP contribution is -2.28. The van der Waals surface area contributed by atoms with Crippen LogP contribution in [0.15, 0.2) is 83.7 Å². The topological polar surface area (TPSA) is 73.2 Å². The Kier molecular flexibility index (Phi) is 5.89. The minimum atomic E-state index is -0.363. The summed E-state index contributed by atoms with van der Waals surface area (Å²) in [5, 5.41) is 8.35. The molecule has 166 valence electrons. The molecule has 33 heavy (non-hydrogen) atoms. The number of amides is 1. The van der Waals surface area contributed by atoms with E-state index >= 15 is 0 Å². The number of ether oxygens (including phenoxy) is 1. The summed E-state index contributed by atoms with van der Waals surface area (Å²) in [6.07, 6.45) is 4.90. The lowest BCUT2D eigenvalue weighted by atomic mass is 10.1. The third-order valence-electron chi connectivity index (χ3n) is 5.98. The Hall–Kier alpha value is -3.93. The molecular formula is C27H25N3O3. The van der Waals surface area contributed by atoms with Gasteiger partial charge in [0.1, 0.15) is 5.75 Å². The van der Waals surface area contributed by atoms with Crippen molar-refractivity contribution in [1.29, 1.82) is 0 Å². The Labute approximate surface area is 191 Å². The molecule has 1 saturated carbocycles. The maximum absolute atomic E-state index is 13.2. The summed E-state index contributed by atoms with van der Waals surface area (Å²) in [7, 11) is 0. The van der Waals surface area contributed by atoms with Crippen LogP contribution in [-0.2, 0) is 6.54 Å². The first-order valence-corrected chi connectivity index (χ1v) is 11.3. The smallest absolute Gasteiger partial charge is 0.276 e. The molecule has 1 fully saturated rings. The Bertz CT molecular complexity index is 1320. The van der Waals surface area contributed by atoms with E-state index in [2.05, 4.69) is 10.4 Å². The number of carbonyl (C=O) groups is 1. The van der Waals surface area contributed by atoms with E-state index in [4.69, 9.17) is 4.74 Å². The highest BCUT2D eigenvalue weighted by molar-refractivity contribution is 6.11. The second-order valence-electron chi connectivity index (χ2n) is 8.35. The SMILES string of the molecule is O=C(Nc1ccc(OC2CCCC2)cc1)c1nn(Cc2ccccc2)c(=O)c2ccccc12. The third-order valence-corrected chi connectivity index (χ3v) is 5.98. The van der Waals surface area contributed by atoms with Crippen LogP contribution < -0.4 is 15.6 Å². The van der Waals surface area contributed by atoms with Gasteiger partial charge in [-0.15, -0.1) is 0 Å². The van der Waals surface area contributed by atoms with Gasteiger partial charge in [-0.25, -0.2) is 4.68 Å². The predicted molar refractivity (Wildman–Crippen MR) is 129 cm³/mol. The Morgan fingerprint density at radius 1 is 0.909 bits per heavy atom. The van der Waals surface area contributed by atoms with Crippen molar-refractivity contribution in [3.05, 3.63) is 100 Å². The molecule has 0 saturated heterocycles. The number of aromatic nitrogens is 2. The van der Waals surface area contributed by atoms with Crippen LogP contribution in [0, 0.1) is 0 Å². The zero-order chi connectivity index (χ0) is 22.6. The molecule has 0 radical (unpaired) electrons. The highest BCUT2D eigenvalue weighted by atomic mass is 16.5. The predicted octanol–water partition coefficient (Wildman–Crippen LogP) is 5.02. The van der Waals surface area contributed by atoms with Crippen molar-refractivity contribution in [2.75, 3.05) is 5.32 Å². The van der Waals surface area contributed by atoms with Crippen LogP contribution in [0.1, 0.15) is 41.7 Å². The van der Waals surface area contributed by atoms with Crippen molar-refractivity contribution in [2.24, 2.45) is 0 Å². The molecule has 0 unspecified atom stereocenters. The standard InChI is InChI=1S/C27H25N3O3/c31-26(28-20-14-16-22(17-15-20)33-21-10-4-5-11-21)25-23-12-6-7-13-24(23)27(32)30(29-25)18-19-8-2-1-3-9-19/h1-3,6-9,12-17,21H,4-5,10-11,18H2,(H,28,31). The first-order chi connectivity index (χ1) is 16.2. The zero-order valence-corrected chi connectivity index (χ0v) is 18.2. The average Bonchev–Trinajstić information content (AvgIpc) is 3.36. The summed E-state index contributed by atoms with van der Waals surface area (Å²) in [5.74, 6) is 0.442. The monoisotopic (exact) mass is 439 g/mol. The summed E-state index contributed by atoms with van der Waals surface area (Å²) in [6, 6.07) is 24.1. The van der Waals surface area contributed by atoms with E-state index in [1.807, 2.05) is 54.6 Å². The quantitative estimate of drug-likeness (QED) is 0.458. The molecule has 4 aromatic rings. The van der Waals surface area contributed by atoms with Crippen molar-refractivity contribution in [1.82, 2.24) is 9.78 Å². The summed E-state index contributed by atoms with van der Waals surface area (Å²) in [5.41, 5.74) is 1.57. The van der Waals surface area contributed by atoms with E-state index < -0.39 is 0 Å². The minimum Gasteiger partial charge on any atom is -0.490 e. The number of fused-ring (bicyclic) bond motifs is 1. The largest absolute Gasteiger partial charge is 0.490 e. The zero-order valence-electron chi connectivity index (χ0n) is 18.2. The molecule has 3 aromatic carbocycles. The molecule has 6 heteroatoms. The van der Waals surface area contributed by atoms with E-state index in [1.165, 1.54) is 17.5 Å². The number of rotatable bonds is 6. The van der Waals surface area contributed by atoms with Crippen LogP contribution in [0.25, 0.3) is 10.8 Å². The van der Waals surface area contributed by atoms with Gasteiger partial charge in [0.05, 0.1) is 18.0 Å². The summed E-state index contributed by atoms with van der Waals surface area (Å²) < 4.78 is 7.35. The first kappa shape index (κ1) is 20.9. The molecular weight excluding hydrogens is 414 g/mol. The molecule has 0 spiro atoms. The van der Waals surface area contributed by atoms with E-state index in [-0.39, 0.29) is 29.8 Å². The number of hydrogen-bond donors (Lipinski definition) is 1. The maximum Gasteiger partial charge on any atom is 0.276 e. The van der Waals surface area contributed by atoms with Gasteiger partial charge in [0, 0.05) is 11.1 Å². The van der Waals surface area contributed by atoms with Gasteiger partial charge in [0.15, 0.2) is 5.69 Å². The number of carbonyl (C=O) groups excluding carboxylic acids is 1. The number of anilines is 1. The first-order valence-electron chi connectivity index (χ1n) is 11.3. The van der Waals surface area contributed by atoms with Gasteiger partial charge < -0.3 is 10.1 Å². The molecule has 5 rings (SSSR count). The lowest BCUT2D eigenvalue weighted by molar-refractivity contribution is 0.102. The Morgan fingerprint density at radius 2 is 1.58 bits per heavy atom. The van der Waals surface area contributed by atoms with Gasteiger partial charge in [0.25, 0.3) is 11.5 Å². The molecule has 1 aromatic heterocycles. The second kappa shape index (κ2) is 9.28. The summed E-state index contributed by atoms with van der Waals surface area (Å²) >= 11 is 0. The maximum atomic E-state index is 13.2. The normalized spacial score (nSPS) is 13.8. The van der Waals surface area contributed by atoms with Crippen LogP contribution in [0.5, 0.6) is 5.75 Å². The molecule has 1 aliphatic carbocycles. The van der Waals surface area contributed by atoms with E-state index in [9.17, 15) is 9.59 Å². The van der Waals surface area contributed by atoms with Crippen molar-refractivity contribution >= 4 is 22.4 Å². The summed E-state index contributed by atoms with van der Waals surface area (Å²) in [4.78, 5) is 26.2. The van der Waals surface area contributed by atoms with Gasteiger partial charge in [-0.3, -0.25) is 9.59 Å². The van der Waals surface area contributed by atoms with Crippen LogP contribution in [0.2, 0.25) is 0 Å². The highest BCUT2D eigenvalue weighted by Crippen LogP contribution is 2.25. The molecule has 1 amide bonds. The molecule has 0 aliphatic heterocycles. The summed E-state index contributed by atoms with van der Waals surface area (Å²) in [6.45, 7) is 0.290. The van der Waals surface area contributed by atoms with Gasteiger partial charge in [0.2, 0.25) is 0 Å². The molecule has 0 bridgehead atoms. The van der Waals surface area contributed by atoms with Crippen molar-refractivity contribution in [3.63, 3.8) is 0 Å². The lowest BCUT2D eigenvalue weighted by Gasteiger charge is -2.14. The van der Waals surface area contributed by atoms with E-state index in [0.29, 0.717) is 16.5 Å². The van der Waals surface area contributed by atoms with E-state index in [0.717, 1.165) is 24.2 Å². The van der Waals surface area contributed by atoms with Gasteiger partial charge >= 0.3 is 0 Å². The Morgan fingerprint density at radius 3 is 2.30 bits per heavy atom. The average molecular weight is 440 g/mol.